The molecule has 0 N–H and O–H groups in total. The zero-order valence-electron chi connectivity index (χ0n) is 15.3. The predicted molar refractivity (Wildman–Crippen MR) is 104 cm³/mol. The maximum Gasteiger partial charge on any atom is 0.160 e. The van der Waals surface area contributed by atoms with Gasteiger partial charge in [0.15, 0.2) is 5.65 Å². The fourth-order valence-electron chi connectivity index (χ4n) is 3.83. The second kappa shape index (κ2) is 6.57. The minimum Gasteiger partial charge on any atom is -0.356 e. The molecule has 5 heterocycles. The van der Waals surface area contributed by atoms with Crippen molar-refractivity contribution in [1.82, 2.24) is 29.3 Å². The maximum atomic E-state index is 4.93. The molecule has 7 heteroatoms. The van der Waals surface area contributed by atoms with Crippen LogP contribution in [0.2, 0.25) is 0 Å². The normalized spacial score (nSPS) is 14.5. The fraction of sp³-hybridized carbons (Fsp3) is 0.350. The van der Waals surface area contributed by atoms with Crippen LogP contribution in [0.4, 0.5) is 5.82 Å². The van der Waals surface area contributed by atoms with Crippen LogP contribution in [0.5, 0.6) is 0 Å². The Hall–Kier alpha value is -3.09. The summed E-state index contributed by atoms with van der Waals surface area (Å²) >= 11 is 0. The predicted octanol–water partition coefficient (Wildman–Crippen LogP) is 2.76. The van der Waals surface area contributed by atoms with Crippen molar-refractivity contribution in [3.8, 4) is 0 Å². The Morgan fingerprint density at radius 1 is 0.963 bits per heavy atom. The average Bonchev–Trinajstić information content (AvgIpc) is 3.34. The highest BCUT2D eigenvalue weighted by Gasteiger charge is 2.22. The molecule has 0 unspecified atom stereocenters. The number of hydrogen-bond acceptors (Lipinski definition) is 6. The first-order valence-electron chi connectivity index (χ1n) is 9.44. The van der Waals surface area contributed by atoms with Gasteiger partial charge in [0.25, 0.3) is 0 Å². The van der Waals surface area contributed by atoms with Crippen LogP contribution in [0.1, 0.15) is 30.1 Å². The molecule has 0 aromatic carbocycles. The third-order valence-corrected chi connectivity index (χ3v) is 5.16. The molecule has 0 saturated carbocycles. The summed E-state index contributed by atoms with van der Waals surface area (Å²) in [5.41, 5.74) is 4.71. The van der Waals surface area contributed by atoms with Gasteiger partial charge in [0.2, 0.25) is 0 Å². The standard InChI is InChI=1S/C20H21N7/c1-14-19-25-16(20(26-10-2-3-11-26)27(19)12-9-21-14)6-7-18-23-13-17-15(24-18)5-4-8-22-17/h4-5,8-9,12-13H,2-3,6-7,10-11H2,1H3. The fourth-order valence-corrected chi connectivity index (χ4v) is 3.83. The van der Waals surface area contributed by atoms with Crippen LogP contribution in [-0.4, -0.2) is 42.4 Å². The molecule has 1 aliphatic rings. The van der Waals surface area contributed by atoms with Crippen molar-refractivity contribution in [2.75, 3.05) is 18.0 Å². The van der Waals surface area contributed by atoms with Gasteiger partial charge in [-0.25, -0.2) is 15.0 Å². The van der Waals surface area contributed by atoms with Crippen molar-refractivity contribution in [2.45, 2.75) is 32.6 Å². The molecule has 0 spiro atoms. The molecule has 136 valence electrons. The summed E-state index contributed by atoms with van der Waals surface area (Å²) in [6, 6.07) is 3.88. The smallest absolute Gasteiger partial charge is 0.160 e. The maximum absolute atomic E-state index is 4.93. The van der Waals surface area contributed by atoms with E-state index in [1.54, 1.807) is 12.4 Å². The Balaban J connectivity index is 1.50. The number of aryl methyl sites for hydroxylation is 3. The van der Waals surface area contributed by atoms with Crippen LogP contribution < -0.4 is 4.90 Å². The third-order valence-electron chi connectivity index (χ3n) is 5.16. The molecular weight excluding hydrogens is 338 g/mol. The minimum absolute atomic E-state index is 0.752. The minimum atomic E-state index is 0.752. The lowest BCUT2D eigenvalue weighted by Gasteiger charge is -2.18. The molecule has 1 saturated heterocycles. The number of fused-ring (bicyclic) bond motifs is 2. The van der Waals surface area contributed by atoms with Crippen molar-refractivity contribution in [3.63, 3.8) is 0 Å². The van der Waals surface area contributed by atoms with E-state index in [9.17, 15) is 0 Å². The lowest BCUT2D eigenvalue weighted by Crippen LogP contribution is -2.21. The van der Waals surface area contributed by atoms with Crippen molar-refractivity contribution in [3.05, 3.63) is 54.1 Å². The summed E-state index contributed by atoms with van der Waals surface area (Å²) < 4.78 is 2.19. The lowest BCUT2D eigenvalue weighted by molar-refractivity contribution is 0.834. The number of rotatable bonds is 4. The number of anilines is 1. The second-order valence-corrected chi connectivity index (χ2v) is 6.98. The number of aromatic nitrogens is 6. The van der Waals surface area contributed by atoms with Crippen LogP contribution in [0.25, 0.3) is 16.7 Å². The van der Waals surface area contributed by atoms with Crippen LogP contribution in [0, 0.1) is 6.92 Å². The van der Waals surface area contributed by atoms with E-state index >= 15 is 0 Å². The van der Waals surface area contributed by atoms with Gasteiger partial charge in [-0.15, -0.1) is 0 Å². The first-order valence-corrected chi connectivity index (χ1v) is 9.44. The van der Waals surface area contributed by atoms with Gasteiger partial charge in [0.1, 0.15) is 17.2 Å². The van der Waals surface area contributed by atoms with Gasteiger partial charge in [-0.2, -0.15) is 0 Å². The molecule has 1 aliphatic heterocycles. The summed E-state index contributed by atoms with van der Waals surface area (Å²) in [6.45, 7) is 4.18. The summed E-state index contributed by atoms with van der Waals surface area (Å²) in [5.74, 6) is 2.03. The van der Waals surface area contributed by atoms with Crippen molar-refractivity contribution in [1.29, 1.82) is 0 Å². The molecule has 4 aromatic heterocycles. The number of hydrogen-bond donors (Lipinski definition) is 0. The summed E-state index contributed by atoms with van der Waals surface area (Å²) in [6.07, 6.45) is 11.5. The average molecular weight is 359 g/mol. The molecule has 0 aliphatic carbocycles. The molecule has 0 amide bonds. The molecule has 27 heavy (non-hydrogen) atoms. The Labute approximate surface area is 157 Å². The highest BCUT2D eigenvalue weighted by molar-refractivity contribution is 5.72. The highest BCUT2D eigenvalue weighted by Crippen LogP contribution is 2.27. The van der Waals surface area contributed by atoms with E-state index in [0.717, 1.165) is 59.8 Å². The van der Waals surface area contributed by atoms with E-state index in [0.29, 0.717) is 0 Å². The van der Waals surface area contributed by atoms with E-state index in [2.05, 4.69) is 29.2 Å². The van der Waals surface area contributed by atoms with E-state index in [4.69, 9.17) is 4.98 Å². The van der Waals surface area contributed by atoms with Gasteiger partial charge in [-0.05, 0) is 31.9 Å². The van der Waals surface area contributed by atoms with Gasteiger partial charge in [0, 0.05) is 44.5 Å². The second-order valence-electron chi connectivity index (χ2n) is 6.98. The zero-order valence-corrected chi connectivity index (χ0v) is 15.3. The molecule has 0 atom stereocenters. The molecule has 7 nitrogen and oxygen atoms in total. The van der Waals surface area contributed by atoms with Crippen molar-refractivity contribution >= 4 is 22.5 Å². The van der Waals surface area contributed by atoms with Gasteiger partial charge < -0.3 is 4.90 Å². The Morgan fingerprint density at radius 2 is 1.85 bits per heavy atom. The summed E-state index contributed by atoms with van der Waals surface area (Å²) in [4.78, 5) is 25.2. The zero-order chi connectivity index (χ0) is 18.2. The molecule has 4 aromatic rings. The van der Waals surface area contributed by atoms with Crippen LogP contribution in [-0.2, 0) is 12.8 Å². The van der Waals surface area contributed by atoms with Crippen LogP contribution >= 0.6 is 0 Å². The van der Waals surface area contributed by atoms with E-state index in [1.165, 1.54) is 18.7 Å². The SMILES string of the molecule is Cc1nccn2c(N3CCCC3)c(CCc3ncc4ncccc4n3)nc12. The molecule has 1 fully saturated rings. The highest BCUT2D eigenvalue weighted by atomic mass is 15.3. The molecule has 0 bridgehead atoms. The lowest BCUT2D eigenvalue weighted by atomic mass is 10.2. The van der Waals surface area contributed by atoms with Crippen LogP contribution in [0.15, 0.2) is 36.9 Å². The van der Waals surface area contributed by atoms with Crippen molar-refractivity contribution in [2.24, 2.45) is 0 Å². The van der Waals surface area contributed by atoms with Crippen molar-refractivity contribution < 1.29 is 0 Å². The van der Waals surface area contributed by atoms with Gasteiger partial charge in [-0.3, -0.25) is 14.4 Å². The van der Waals surface area contributed by atoms with E-state index in [1.807, 2.05) is 31.5 Å². The summed E-state index contributed by atoms with van der Waals surface area (Å²) in [7, 11) is 0. The van der Waals surface area contributed by atoms with Gasteiger partial charge >= 0.3 is 0 Å². The quantitative estimate of drug-likeness (QED) is 0.558. The third kappa shape index (κ3) is 2.89. The largest absolute Gasteiger partial charge is 0.356 e. The topological polar surface area (TPSA) is 72.1 Å². The van der Waals surface area contributed by atoms with E-state index in [-0.39, 0.29) is 0 Å². The monoisotopic (exact) mass is 359 g/mol. The molecule has 5 rings (SSSR count). The Morgan fingerprint density at radius 3 is 2.74 bits per heavy atom. The molecule has 0 radical (unpaired) electrons. The van der Waals surface area contributed by atoms with E-state index < -0.39 is 0 Å². The molecular formula is C20H21N7. The Bertz CT molecular complexity index is 1110. The number of nitrogens with zero attached hydrogens (tertiary/aromatic N) is 7. The van der Waals surface area contributed by atoms with Gasteiger partial charge in [-0.1, -0.05) is 0 Å². The van der Waals surface area contributed by atoms with Crippen LogP contribution in [0.3, 0.4) is 0 Å². The first-order chi connectivity index (χ1) is 13.3. The summed E-state index contributed by atoms with van der Waals surface area (Å²) in [5, 5.41) is 0. The Kier molecular flexibility index (Phi) is 3.92. The number of pyridine rings is 1. The first kappa shape index (κ1) is 16.1. The van der Waals surface area contributed by atoms with Gasteiger partial charge in [0.05, 0.1) is 23.1 Å². The number of imidazole rings is 1.